The molecule has 0 bridgehead atoms. The second-order valence-electron chi connectivity index (χ2n) is 6.39. The lowest BCUT2D eigenvalue weighted by Crippen LogP contribution is -2.35. The van der Waals surface area contributed by atoms with E-state index in [9.17, 15) is 8.78 Å². The van der Waals surface area contributed by atoms with Crippen molar-refractivity contribution in [3.8, 4) is 11.8 Å². The Labute approximate surface area is 156 Å². The molecule has 0 aliphatic carbocycles. The maximum atomic E-state index is 14.7. The van der Waals surface area contributed by atoms with Crippen LogP contribution in [0.5, 0.6) is 0 Å². The summed E-state index contributed by atoms with van der Waals surface area (Å²) in [6.45, 7) is 2.62. The normalized spacial score (nSPS) is 12.6. The number of aryl methyl sites for hydroxylation is 1. The molecule has 134 valence electrons. The van der Waals surface area contributed by atoms with Gasteiger partial charge >= 0.3 is 0 Å². The molecular weight excluding hydrogens is 344 g/mol. The minimum atomic E-state index is -0.634. The van der Waals surface area contributed by atoms with Gasteiger partial charge in [0, 0.05) is 17.3 Å². The lowest BCUT2D eigenvalue weighted by Gasteiger charge is -2.32. The summed E-state index contributed by atoms with van der Waals surface area (Å²) in [4.78, 5) is 5.93. The number of halogens is 2. The number of rotatable bonds is 1. The largest absolute Gasteiger partial charge is 0.366 e. The van der Waals surface area contributed by atoms with Gasteiger partial charge in [-0.1, -0.05) is 30.0 Å². The van der Waals surface area contributed by atoms with Crippen LogP contribution >= 0.6 is 0 Å². The predicted octanol–water partition coefficient (Wildman–Crippen LogP) is 4.46. The molecule has 27 heavy (non-hydrogen) atoms. The van der Waals surface area contributed by atoms with Crippen LogP contribution < -0.4 is 10.2 Å². The zero-order chi connectivity index (χ0) is 18.8. The van der Waals surface area contributed by atoms with Crippen molar-refractivity contribution in [1.82, 2.24) is 4.98 Å². The maximum absolute atomic E-state index is 14.7. The molecule has 1 N–H and O–H groups in total. The summed E-state index contributed by atoms with van der Waals surface area (Å²) in [5.74, 6) is 4.47. The summed E-state index contributed by atoms with van der Waals surface area (Å²) in [6.07, 6.45) is 1.70. The fraction of sp³-hybridized carbons (Fsp3) is 0.136. The number of hydrogen-bond donors (Lipinski definition) is 1. The number of nitrogens with one attached hydrogen (secondary N) is 1. The van der Waals surface area contributed by atoms with E-state index in [4.69, 9.17) is 0 Å². The number of hydrogen-bond acceptors (Lipinski definition) is 3. The maximum Gasteiger partial charge on any atom is 0.150 e. The number of pyridine rings is 1. The molecule has 0 unspecified atom stereocenters. The Balaban J connectivity index is 1.63. The highest BCUT2D eigenvalue weighted by Crippen LogP contribution is 2.31. The molecule has 3 aromatic rings. The lowest BCUT2D eigenvalue weighted by atomic mass is 10.1. The van der Waals surface area contributed by atoms with Crippen LogP contribution in [-0.4, -0.2) is 11.7 Å². The molecule has 2 heterocycles. The fourth-order valence-electron chi connectivity index (χ4n) is 3.15. The van der Waals surface area contributed by atoms with Crippen molar-refractivity contribution in [3.05, 3.63) is 88.7 Å². The quantitative estimate of drug-likeness (QED) is 0.649. The molecule has 4 rings (SSSR count). The number of anilines is 2. The lowest BCUT2D eigenvalue weighted by molar-refractivity contribution is 0.568. The first-order chi connectivity index (χ1) is 13.1. The minimum absolute atomic E-state index is 0.0679. The van der Waals surface area contributed by atoms with E-state index in [0.717, 1.165) is 22.5 Å². The van der Waals surface area contributed by atoms with E-state index in [1.165, 1.54) is 12.1 Å². The van der Waals surface area contributed by atoms with Crippen molar-refractivity contribution in [3.63, 3.8) is 0 Å². The Morgan fingerprint density at radius 3 is 2.44 bits per heavy atom. The van der Waals surface area contributed by atoms with Gasteiger partial charge in [0.15, 0.2) is 11.6 Å². The van der Waals surface area contributed by atoms with Gasteiger partial charge in [-0.25, -0.2) is 8.78 Å². The monoisotopic (exact) mass is 361 g/mol. The van der Waals surface area contributed by atoms with Gasteiger partial charge in [-0.05, 0) is 42.8 Å². The van der Waals surface area contributed by atoms with Crippen LogP contribution in [-0.2, 0) is 6.54 Å². The number of aromatic nitrogens is 1. The molecule has 1 aliphatic rings. The van der Waals surface area contributed by atoms with E-state index >= 15 is 0 Å². The zero-order valence-corrected chi connectivity index (χ0v) is 14.8. The molecule has 5 heteroatoms. The van der Waals surface area contributed by atoms with Crippen LogP contribution in [0.15, 0.2) is 54.7 Å². The van der Waals surface area contributed by atoms with Gasteiger partial charge in [-0.3, -0.25) is 4.98 Å². The molecule has 3 nitrogen and oxygen atoms in total. The zero-order valence-electron chi connectivity index (χ0n) is 14.8. The average Bonchev–Trinajstić information content (AvgIpc) is 2.67. The summed E-state index contributed by atoms with van der Waals surface area (Å²) in [5, 5.41) is 3.20. The molecule has 1 aromatic heterocycles. The van der Waals surface area contributed by atoms with Gasteiger partial charge < -0.3 is 10.2 Å². The van der Waals surface area contributed by atoms with Crippen LogP contribution in [0, 0.1) is 30.4 Å². The van der Waals surface area contributed by atoms with E-state index in [2.05, 4.69) is 22.1 Å². The Morgan fingerprint density at radius 2 is 1.70 bits per heavy atom. The van der Waals surface area contributed by atoms with Gasteiger partial charge in [-0.15, -0.1) is 0 Å². The van der Waals surface area contributed by atoms with Crippen LogP contribution in [0.25, 0.3) is 0 Å². The Kier molecular flexibility index (Phi) is 4.47. The second kappa shape index (κ2) is 7.08. The van der Waals surface area contributed by atoms with Crippen molar-refractivity contribution in [2.75, 3.05) is 16.9 Å². The smallest absolute Gasteiger partial charge is 0.150 e. The first kappa shape index (κ1) is 17.0. The van der Waals surface area contributed by atoms with Gasteiger partial charge in [0.1, 0.15) is 5.69 Å². The van der Waals surface area contributed by atoms with Gasteiger partial charge in [0.05, 0.1) is 24.6 Å². The van der Waals surface area contributed by atoms with Crippen LogP contribution in [0.4, 0.5) is 20.2 Å². The Hall–Kier alpha value is -3.39. The number of fused-ring (bicyclic) bond motifs is 1. The van der Waals surface area contributed by atoms with E-state index in [-0.39, 0.29) is 5.69 Å². The topological polar surface area (TPSA) is 28.2 Å². The molecule has 0 atom stereocenters. The van der Waals surface area contributed by atoms with E-state index in [0.29, 0.717) is 18.8 Å². The second-order valence-corrected chi connectivity index (χ2v) is 6.39. The van der Waals surface area contributed by atoms with Gasteiger partial charge in [0.25, 0.3) is 0 Å². The van der Waals surface area contributed by atoms with Crippen molar-refractivity contribution < 1.29 is 8.78 Å². The highest BCUT2D eigenvalue weighted by Gasteiger charge is 2.23. The Bertz CT molecular complexity index is 1030. The van der Waals surface area contributed by atoms with Crippen molar-refractivity contribution in [1.29, 1.82) is 0 Å². The SMILES string of the molecule is Cc1ccnc2c1NCN(c1c(F)cc(C#Cc3ccccc3)cc1F)C2. The number of nitrogens with zero attached hydrogens (tertiary/aromatic N) is 2. The molecule has 0 amide bonds. The average molecular weight is 361 g/mol. The molecule has 0 saturated heterocycles. The predicted molar refractivity (Wildman–Crippen MR) is 102 cm³/mol. The third-order valence-corrected chi connectivity index (χ3v) is 4.48. The van der Waals surface area contributed by atoms with Crippen LogP contribution in [0.1, 0.15) is 22.4 Å². The molecule has 2 aromatic carbocycles. The summed E-state index contributed by atoms with van der Waals surface area (Å²) >= 11 is 0. The number of benzene rings is 2. The highest BCUT2D eigenvalue weighted by atomic mass is 19.1. The van der Waals surface area contributed by atoms with Crippen molar-refractivity contribution >= 4 is 11.4 Å². The summed E-state index contributed by atoms with van der Waals surface area (Å²) < 4.78 is 29.4. The van der Waals surface area contributed by atoms with Crippen molar-refractivity contribution in [2.24, 2.45) is 0 Å². The molecule has 0 fully saturated rings. The third kappa shape index (κ3) is 3.47. The summed E-state index contributed by atoms with van der Waals surface area (Å²) in [6, 6.07) is 13.8. The van der Waals surface area contributed by atoms with E-state index in [1.54, 1.807) is 11.1 Å². The molecule has 0 saturated carbocycles. The highest BCUT2D eigenvalue weighted by molar-refractivity contribution is 5.62. The molecular formula is C22H17F2N3. The minimum Gasteiger partial charge on any atom is -0.366 e. The van der Waals surface area contributed by atoms with E-state index < -0.39 is 11.6 Å². The van der Waals surface area contributed by atoms with Gasteiger partial charge in [-0.2, -0.15) is 0 Å². The molecule has 1 aliphatic heterocycles. The molecule has 0 radical (unpaired) electrons. The Morgan fingerprint density at radius 1 is 1.00 bits per heavy atom. The first-order valence-electron chi connectivity index (χ1n) is 8.61. The first-order valence-corrected chi connectivity index (χ1v) is 8.61. The fourth-order valence-corrected chi connectivity index (χ4v) is 3.15. The third-order valence-electron chi connectivity index (χ3n) is 4.48. The van der Waals surface area contributed by atoms with E-state index in [1.807, 2.05) is 43.3 Å². The molecule has 0 spiro atoms. The van der Waals surface area contributed by atoms with Gasteiger partial charge in [0.2, 0.25) is 0 Å². The summed E-state index contributed by atoms with van der Waals surface area (Å²) in [5.41, 5.74) is 3.79. The summed E-state index contributed by atoms with van der Waals surface area (Å²) in [7, 11) is 0. The van der Waals surface area contributed by atoms with Crippen LogP contribution in [0.3, 0.4) is 0 Å². The van der Waals surface area contributed by atoms with Crippen molar-refractivity contribution in [2.45, 2.75) is 13.5 Å². The standard InChI is InChI=1S/C22H17F2N3/c1-15-9-10-25-20-13-27(14-26-21(15)20)22-18(23)11-17(12-19(22)24)8-7-16-5-3-2-4-6-16/h2-6,9-12,26H,13-14H2,1H3. The van der Waals surface area contributed by atoms with Crippen LogP contribution in [0.2, 0.25) is 0 Å².